The van der Waals surface area contributed by atoms with E-state index in [2.05, 4.69) is 10.2 Å². The Kier molecular flexibility index (Phi) is 6.56. The molecule has 0 spiro atoms. The number of benzene rings is 1. The number of halogens is 1. The molecule has 0 bridgehead atoms. The Bertz CT molecular complexity index is 518. The van der Waals surface area contributed by atoms with Gasteiger partial charge in [0.15, 0.2) is 0 Å². The molecule has 0 radical (unpaired) electrons. The highest BCUT2D eigenvalue weighted by molar-refractivity contribution is 6.30. The maximum Gasteiger partial charge on any atom is 0.238 e. The zero-order chi connectivity index (χ0) is 16.8. The quantitative estimate of drug-likeness (QED) is 0.788. The van der Waals surface area contributed by atoms with Gasteiger partial charge in [0.2, 0.25) is 5.91 Å². The molecule has 1 amide bonds. The largest absolute Gasteiger partial charge is 0.325 e. The van der Waals surface area contributed by atoms with Crippen LogP contribution in [0.1, 0.15) is 64.2 Å². The molecule has 2 fully saturated rings. The lowest BCUT2D eigenvalue weighted by Gasteiger charge is -2.41. The fraction of sp³-hybridized carbons (Fsp3) is 0.650. The highest BCUT2D eigenvalue weighted by atomic mass is 35.5. The topological polar surface area (TPSA) is 32.3 Å². The molecule has 0 unspecified atom stereocenters. The van der Waals surface area contributed by atoms with Crippen molar-refractivity contribution in [3.8, 4) is 0 Å². The summed E-state index contributed by atoms with van der Waals surface area (Å²) >= 11 is 6.02. The van der Waals surface area contributed by atoms with Crippen molar-refractivity contribution >= 4 is 23.2 Å². The SMILES string of the molecule is O=C(CN(C1CCCCC1)C1CCCCC1)Nc1cccc(Cl)c1. The molecule has 0 aliphatic heterocycles. The lowest BCUT2D eigenvalue weighted by Crippen LogP contribution is -2.48. The Balaban J connectivity index is 1.64. The van der Waals surface area contributed by atoms with E-state index in [1.807, 2.05) is 24.3 Å². The summed E-state index contributed by atoms with van der Waals surface area (Å²) in [6.07, 6.45) is 12.9. The van der Waals surface area contributed by atoms with E-state index in [-0.39, 0.29) is 5.91 Å². The van der Waals surface area contributed by atoms with Gasteiger partial charge in [0, 0.05) is 22.8 Å². The first-order valence-electron chi connectivity index (χ1n) is 9.53. The van der Waals surface area contributed by atoms with E-state index in [1.165, 1.54) is 64.2 Å². The molecule has 1 aromatic rings. The predicted molar refractivity (Wildman–Crippen MR) is 101 cm³/mol. The Morgan fingerprint density at radius 1 is 1.00 bits per heavy atom. The molecule has 3 rings (SSSR count). The van der Waals surface area contributed by atoms with Crippen molar-refractivity contribution < 1.29 is 4.79 Å². The minimum atomic E-state index is 0.0911. The molecule has 0 heterocycles. The van der Waals surface area contributed by atoms with E-state index in [0.717, 1.165) is 5.69 Å². The fourth-order valence-corrected chi connectivity index (χ4v) is 4.50. The van der Waals surface area contributed by atoms with Crippen LogP contribution in [0.25, 0.3) is 0 Å². The van der Waals surface area contributed by atoms with Crippen molar-refractivity contribution in [2.45, 2.75) is 76.3 Å². The zero-order valence-corrected chi connectivity index (χ0v) is 15.2. The molecule has 0 atom stereocenters. The summed E-state index contributed by atoms with van der Waals surface area (Å²) in [5, 5.41) is 3.68. The number of rotatable bonds is 5. The van der Waals surface area contributed by atoms with Crippen LogP contribution in [-0.4, -0.2) is 29.4 Å². The van der Waals surface area contributed by atoms with Gasteiger partial charge in [-0.05, 0) is 43.9 Å². The van der Waals surface area contributed by atoms with Gasteiger partial charge in [0.25, 0.3) is 0 Å². The van der Waals surface area contributed by atoms with Crippen LogP contribution in [0.4, 0.5) is 5.69 Å². The van der Waals surface area contributed by atoms with Gasteiger partial charge in [-0.3, -0.25) is 9.69 Å². The number of nitrogens with one attached hydrogen (secondary N) is 1. The highest BCUT2D eigenvalue weighted by Crippen LogP contribution is 2.30. The van der Waals surface area contributed by atoms with Crippen LogP contribution in [0.5, 0.6) is 0 Å². The Labute approximate surface area is 150 Å². The normalized spacial score (nSPS) is 20.2. The number of carbonyl (C=O) groups is 1. The van der Waals surface area contributed by atoms with Crippen LogP contribution < -0.4 is 5.32 Å². The summed E-state index contributed by atoms with van der Waals surface area (Å²) in [5.74, 6) is 0.0911. The Morgan fingerprint density at radius 3 is 2.12 bits per heavy atom. The smallest absolute Gasteiger partial charge is 0.238 e. The second-order valence-corrected chi connectivity index (χ2v) is 7.75. The van der Waals surface area contributed by atoms with E-state index in [9.17, 15) is 4.79 Å². The Hall–Kier alpha value is -1.06. The molecule has 2 aliphatic carbocycles. The van der Waals surface area contributed by atoms with Crippen LogP contribution in [0.15, 0.2) is 24.3 Å². The fourth-order valence-electron chi connectivity index (χ4n) is 4.31. The maximum atomic E-state index is 12.6. The number of nitrogens with zero attached hydrogens (tertiary/aromatic N) is 1. The molecule has 24 heavy (non-hydrogen) atoms. The first-order valence-corrected chi connectivity index (χ1v) is 9.91. The number of carbonyl (C=O) groups excluding carboxylic acids is 1. The van der Waals surface area contributed by atoms with Crippen LogP contribution >= 0.6 is 11.6 Å². The Morgan fingerprint density at radius 2 is 1.58 bits per heavy atom. The van der Waals surface area contributed by atoms with E-state index in [4.69, 9.17) is 11.6 Å². The molecule has 2 aliphatic rings. The van der Waals surface area contributed by atoms with Gasteiger partial charge in [-0.2, -0.15) is 0 Å². The van der Waals surface area contributed by atoms with Crippen molar-refractivity contribution in [1.29, 1.82) is 0 Å². The predicted octanol–water partition coefficient (Wildman–Crippen LogP) is 5.25. The first kappa shape index (κ1) is 17.8. The molecule has 4 heteroatoms. The van der Waals surface area contributed by atoms with Crippen LogP contribution in [0.2, 0.25) is 5.02 Å². The van der Waals surface area contributed by atoms with E-state index >= 15 is 0 Å². The van der Waals surface area contributed by atoms with E-state index in [0.29, 0.717) is 23.7 Å². The van der Waals surface area contributed by atoms with Gasteiger partial charge in [-0.1, -0.05) is 56.2 Å². The van der Waals surface area contributed by atoms with Crippen LogP contribution in [0, 0.1) is 0 Å². The van der Waals surface area contributed by atoms with Crippen LogP contribution in [0.3, 0.4) is 0 Å². The summed E-state index contributed by atoms with van der Waals surface area (Å²) in [6.45, 7) is 0.516. The third-order valence-corrected chi connectivity index (χ3v) is 5.76. The summed E-state index contributed by atoms with van der Waals surface area (Å²) in [4.78, 5) is 15.1. The van der Waals surface area contributed by atoms with Gasteiger partial charge >= 0.3 is 0 Å². The third-order valence-electron chi connectivity index (χ3n) is 5.52. The summed E-state index contributed by atoms with van der Waals surface area (Å²) in [6, 6.07) is 8.59. The highest BCUT2D eigenvalue weighted by Gasteiger charge is 2.30. The van der Waals surface area contributed by atoms with Crippen molar-refractivity contribution in [3.05, 3.63) is 29.3 Å². The average Bonchev–Trinajstić information content (AvgIpc) is 2.61. The molecule has 2 saturated carbocycles. The summed E-state index contributed by atoms with van der Waals surface area (Å²) < 4.78 is 0. The summed E-state index contributed by atoms with van der Waals surface area (Å²) in [5.41, 5.74) is 0.791. The zero-order valence-electron chi connectivity index (χ0n) is 14.5. The van der Waals surface area contributed by atoms with Crippen molar-refractivity contribution in [1.82, 2.24) is 4.90 Å². The molecular weight excluding hydrogens is 320 g/mol. The number of hydrogen-bond donors (Lipinski definition) is 1. The van der Waals surface area contributed by atoms with Gasteiger partial charge in [0.1, 0.15) is 0 Å². The number of hydrogen-bond acceptors (Lipinski definition) is 2. The molecule has 1 N–H and O–H groups in total. The number of anilines is 1. The molecular formula is C20H29ClN2O. The molecule has 3 nitrogen and oxygen atoms in total. The van der Waals surface area contributed by atoms with Crippen molar-refractivity contribution in [2.24, 2.45) is 0 Å². The van der Waals surface area contributed by atoms with E-state index < -0.39 is 0 Å². The maximum absolute atomic E-state index is 12.6. The van der Waals surface area contributed by atoms with Gasteiger partial charge in [-0.25, -0.2) is 0 Å². The first-order chi connectivity index (χ1) is 11.7. The van der Waals surface area contributed by atoms with Gasteiger partial charge < -0.3 is 5.32 Å². The monoisotopic (exact) mass is 348 g/mol. The van der Waals surface area contributed by atoms with Crippen LogP contribution in [-0.2, 0) is 4.79 Å². The number of amides is 1. The lowest BCUT2D eigenvalue weighted by molar-refractivity contribution is -0.119. The second-order valence-electron chi connectivity index (χ2n) is 7.31. The van der Waals surface area contributed by atoms with Gasteiger partial charge in [0.05, 0.1) is 6.54 Å². The molecule has 0 aromatic heterocycles. The van der Waals surface area contributed by atoms with Gasteiger partial charge in [-0.15, -0.1) is 0 Å². The van der Waals surface area contributed by atoms with Crippen molar-refractivity contribution in [2.75, 3.05) is 11.9 Å². The van der Waals surface area contributed by atoms with Crippen molar-refractivity contribution in [3.63, 3.8) is 0 Å². The van der Waals surface area contributed by atoms with E-state index in [1.54, 1.807) is 0 Å². The minimum Gasteiger partial charge on any atom is -0.325 e. The summed E-state index contributed by atoms with van der Waals surface area (Å²) in [7, 11) is 0. The molecule has 1 aromatic carbocycles. The second kappa shape index (κ2) is 8.87. The minimum absolute atomic E-state index is 0.0911. The standard InChI is InChI=1S/C20H29ClN2O/c21-16-8-7-9-17(14-16)22-20(24)15-23(18-10-3-1-4-11-18)19-12-5-2-6-13-19/h7-9,14,18-19H,1-6,10-13,15H2,(H,22,24). The molecule has 0 saturated heterocycles. The average molecular weight is 349 g/mol. The lowest BCUT2D eigenvalue weighted by atomic mass is 9.88. The molecule has 132 valence electrons. The third kappa shape index (κ3) is 4.97.